The molecule has 0 aliphatic carbocycles. The lowest BCUT2D eigenvalue weighted by Gasteiger charge is -2.36. The summed E-state index contributed by atoms with van der Waals surface area (Å²) in [6.07, 6.45) is -0.330. The summed E-state index contributed by atoms with van der Waals surface area (Å²) in [7, 11) is 5.62. The molecule has 5 nitrogen and oxygen atoms in total. The molecule has 26 heavy (non-hydrogen) atoms. The second-order valence-corrected chi connectivity index (χ2v) is 8.02. The molecule has 6 heteroatoms. The molecule has 0 saturated heterocycles. The third kappa shape index (κ3) is 4.05. The summed E-state index contributed by atoms with van der Waals surface area (Å²) in [5, 5.41) is 23.6. The van der Waals surface area contributed by atoms with Crippen LogP contribution in [0.15, 0.2) is 53.4 Å². The van der Waals surface area contributed by atoms with Gasteiger partial charge in [-0.1, -0.05) is 30.3 Å². The first-order valence-corrected chi connectivity index (χ1v) is 9.65. The van der Waals surface area contributed by atoms with Crippen molar-refractivity contribution in [3.8, 4) is 5.75 Å². The first-order chi connectivity index (χ1) is 12.5. The number of nitrogens with one attached hydrogen (secondary N) is 1. The fourth-order valence-corrected chi connectivity index (χ4v) is 4.65. The normalized spacial score (nSPS) is 25.6. The lowest BCUT2D eigenvalue weighted by molar-refractivity contribution is -0.931. The molecule has 2 aromatic rings. The third-order valence-electron chi connectivity index (χ3n) is 4.78. The first-order valence-electron chi connectivity index (χ1n) is 8.77. The van der Waals surface area contributed by atoms with Gasteiger partial charge in [0.25, 0.3) is 0 Å². The average Bonchev–Trinajstić information content (AvgIpc) is 2.76. The molecule has 0 radical (unpaired) electrons. The fourth-order valence-electron chi connectivity index (χ4n) is 3.31. The Hall–Kier alpha value is -1.57. The Morgan fingerprint density at radius 2 is 1.85 bits per heavy atom. The van der Waals surface area contributed by atoms with Crippen LogP contribution in [0.4, 0.5) is 0 Å². The third-order valence-corrected chi connectivity index (χ3v) is 6.19. The number of quaternary nitrogens is 1. The predicted octanol–water partition coefficient (Wildman–Crippen LogP) is 2.24. The zero-order valence-electron chi connectivity index (χ0n) is 15.4. The van der Waals surface area contributed by atoms with E-state index in [4.69, 9.17) is 4.74 Å². The van der Waals surface area contributed by atoms with E-state index in [1.807, 2.05) is 62.6 Å². The van der Waals surface area contributed by atoms with E-state index in [0.717, 1.165) is 28.3 Å². The van der Waals surface area contributed by atoms with Crippen LogP contribution in [0, 0.1) is 5.21 Å². The van der Waals surface area contributed by atoms with Crippen molar-refractivity contribution in [1.29, 1.82) is 0 Å². The van der Waals surface area contributed by atoms with Crippen LogP contribution in [-0.4, -0.2) is 44.0 Å². The molecule has 4 atom stereocenters. The van der Waals surface area contributed by atoms with E-state index in [1.165, 1.54) is 0 Å². The summed E-state index contributed by atoms with van der Waals surface area (Å²) in [6.45, 7) is 0.801. The number of nitrogens with zero attached hydrogens (tertiary/aromatic N) is 1. The number of aliphatic hydroxyl groups is 1. The van der Waals surface area contributed by atoms with Gasteiger partial charge in [-0.3, -0.25) is 0 Å². The van der Waals surface area contributed by atoms with Crippen LogP contribution in [0.3, 0.4) is 0 Å². The number of hydroxylamine groups is 2. The molecule has 0 amide bonds. The second-order valence-electron chi connectivity index (χ2n) is 6.84. The van der Waals surface area contributed by atoms with Gasteiger partial charge in [0.1, 0.15) is 17.0 Å². The highest BCUT2D eigenvalue weighted by molar-refractivity contribution is 7.99. The quantitative estimate of drug-likeness (QED) is 0.786. The van der Waals surface area contributed by atoms with Crippen molar-refractivity contribution in [2.24, 2.45) is 0 Å². The Morgan fingerprint density at radius 1 is 1.15 bits per heavy atom. The van der Waals surface area contributed by atoms with Gasteiger partial charge >= 0.3 is 0 Å². The van der Waals surface area contributed by atoms with Gasteiger partial charge in [0.15, 0.2) is 0 Å². The molecule has 0 bridgehead atoms. The summed E-state index contributed by atoms with van der Waals surface area (Å²) in [6, 6.07) is 15.3. The molecular formula is C20H26N2O3S. The van der Waals surface area contributed by atoms with Crippen molar-refractivity contribution < 1.29 is 14.9 Å². The van der Waals surface area contributed by atoms with E-state index >= 15 is 0 Å². The number of hydrogen-bond acceptors (Lipinski definition) is 5. The largest absolute Gasteiger partial charge is 0.632 e. The molecule has 0 fully saturated rings. The highest BCUT2D eigenvalue weighted by atomic mass is 32.2. The maximum Gasteiger partial charge on any atom is 0.205 e. The number of ether oxygens (including phenoxy) is 1. The molecule has 2 N–H and O–H groups in total. The summed E-state index contributed by atoms with van der Waals surface area (Å²) in [4.78, 5) is 3.14. The minimum absolute atomic E-state index is 0.0925. The zero-order valence-corrected chi connectivity index (χ0v) is 16.2. The topological polar surface area (TPSA) is 60.2 Å². The van der Waals surface area contributed by atoms with Crippen LogP contribution in [0.2, 0.25) is 0 Å². The van der Waals surface area contributed by atoms with E-state index in [0.29, 0.717) is 6.42 Å². The van der Waals surface area contributed by atoms with Gasteiger partial charge in [-0.15, -0.1) is 11.8 Å². The Bertz CT molecular complexity index is 723. The minimum Gasteiger partial charge on any atom is -0.632 e. The van der Waals surface area contributed by atoms with Crippen molar-refractivity contribution in [1.82, 2.24) is 4.90 Å². The smallest absolute Gasteiger partial charge is 0.205 e. The summed E-state index contributed by atoms with van der Waals surface area (Å²) in [5.41, 5.74) is 1.96. The van der Waals surface area contributed by atoms with E-state index in [1.54, 1.807) is 18.9 Å². The van der Waals surface area contributed by atoms with Gasteiger partial charge < -0.3 is 25.0 Å². The van der Waals surface area contributed by atoms with Crippen LogP contribution in [0.25, 0.3) is 0 Å². The fraction of sp³-hybridized carbons (Fsp3) is 0.400. The van der Waals surface area contributed by atoms with Crippen molar-refractivity contribution in [2.75, 3.05) is 27.7 Å². The van der Waals surface area contributed by atoms with Crippen molar-refractivity contribution in [3.63, 3.8) is 0 Å². The summed E-state index contributed by atoms with van der Waals surface area (Å²) < 4.78 is 5.22. The Labute approximate surface area is 159 Å². The lowest BCUT2D eigenvalue weighted by atomic mass is 10.0. The van der Waals surface area contributed by atoms with Gasteiger partial charge in [-0.25, -0.2) is 0 Å². The molecule has 2 aromatic carbocycles. The van der Waals surface area contributed by atoms with E-state index < -0.39 is 6.23 Å². The Balaban J connectivity index is 1.95. The predicted molar refractivity (Wildman–Crippen MR) is 104 cm³/mol. The van der Waals surface area contributed by atoms with E-state index in [2.05, 4.69) is 4.90 Å². The maximum atomic E-state index is 13.1. The van der Waals surface area contributed by atoms with Crippen molar-refractivity contribution in [2.45, 2.75) is 28.8 Å². The number of aliphatic hydroxyl groups excluding tert-OH is 1. The van der Waals surface area contributed by atoms with Gasteiger partial charge in [-0.05, 0) is 37.9 Å². The number of rotatable bonds is 5. The van der Waals surface area contributed by atoms with Crippen molar-refractivity contribution >= 4 is 11.8 Å². The molecule has 140 valence electrons. The average molecular weight is 375 g/mol. The van der Waals surface area contributed by atoms with Gasteiger partial charge in [0, 0.05) is 23.4 Å². The molecule has 0 aromatic heterocycles. The number of benzene rings is 2. The summed E-state index contributed by atoms with van der Waals surface area (Å²) >= 11 is 1.57. The highest BCUT2D eigenvalue weighted by Gasteiger charge is 2.37. The number of fused-ring (bicyclic) bond motifs is 1. The molecule has 0 saturated carbocycles. The van der Waals surface area contributed by atoms with Crippen LogP contribution < -0.4 is 9.80 Å². The number of thioether (sulfide) groups is 1. The number of methoxy groups -OCH3 is 1. The van der Waals surface area contributed by atoms with Crippen LogP contribution in [0.5, 0.6) is 5.75 Å². The second kappa shape index (κ2) is 8.41. The maximum absolute atomic E-state index is 13.1. The summed E-state index contributed by atoms with van der Waals surface area (Å²) in [5.74, 6) is 0.762. The molecule has 0 spiro atoms. The lowest BCUT2D eigenvalue weighted by Crippen LogP contribution is -3.12. The standard InChI is InChI=1S/C20H26N2O3S/c1-21(2)13-12-17-16-6-4-5-7-18(16)26-19(20(23)22(17)24)14-8-10-15(25-3)11-9-14/h4-11,17,19-20,22-23H,12-13H2,1-3H3. The Morgan fingerprint density at radius 3 is 2.50 bits per heavy atom. The van der Waals surface area contributed by atoms with E-state index in [-0.39, 0.29) is 16.4 Å². The number of hydrogen-bond donors (Lipinski definition) is 2. The molecule has 3 rings (SSSR count). The van der Waals surface area contributed by atoms with Crippen molar-refractivity contribution in [3.05, 3.63) is 64.9 Å². The molecule has 1 heterocycles. The van der Waals surface area contributed by atoms with Gasteiger partial charge in [-0.2, -0.15) is 0 Å². The SMILES string of the molecule is COc1ccc(C2Sc3ccccc3C(CCN(C)C)[NH+]([O-])C2O)cc1. The molecular weight excluding hydrogens is 348 g/mol. The molecule has 1 aliphatic heterocycles. The minimum atomic E-state index is -1.03. The molecule has 1 aliphatic rings. The van der Waals surface area contributed by atoms with Crippen LogP contribution in [-0.2, 0) is 0 Å². The first kappa shape index (κ1) is 19.2. The van der Waals surface area contributed by atoms with Gasteiger partial charge in [0.05, 0.1) is 7.11 Å². The van der Waals surface area contributed by atoms with E-state index in [9.17, 15) is 10.3 Å². The van der Waals surface area contributed by atoms with Crippen LogP contribution >= 0.6 is 11.8 Å². The van der Waals surface area contributed by atoms with Crippen LogP contribution in [0.1, 0.15) is 28.8 Å². The van der Waals surface area contributed by atoms with Gasteiger partial charge in [0.2, 0.25) is 6.23 Å². The zero-order chi connectivity index (χ0) is 18.7. The highest BCUT2D eigenvalue weighted by Crippen LogP contribution is 2.42. The Kier molecular flexibility index (Phi) is 6.21. The molecule has 4 unspecified atom stereocenters. The monoisotopic (exact) mass is 374 g/mol.